The van der Waals surface area contributed by atoms with Crippen LogP contribution in [0, 0.1) is 17.1 Å². The second-order valence-corrected chi connectivity index (χ2v) is 6.37. The van der Waals surface area contributed by atoms with E-state index in [4.69, 9.17) is 9.68 Å². The zero-order valence-electron chi connectivity index (χ0n) is 13.1. The van der Waals surface area contributed by atoms with Crippen molar-refractivity contribution in [1.82, 2.24) is 9.88 Å². The first-order valence-corrected chi connectivity index (χ1v) is 8.12. The molecular weight excluding hydrogens is 309 g/mol. The van der Waals surface area contributed by atoms with Crippen LogP contribution in [-0.4, -0.2) is 22.3 Å². The summed E-state index contributed by atoms with van der Waals surface area (Å²) in [5, 5.41) is 8.93. The number of carbonyl (C=O) groups excluding carboxylic acids is 1. The zero-order chi connectivity index (χ0) is 16.7. The smallest absolute Gasteiger partial charge is 0.254 e. The summed E-state index contributed by atoms with van der Waals surface area (Å²) in [6, 6.07) is 5.58. The van der Waals surface area contributed by atoms with Crippen molar-refractivity contribution in [3.63, 3.8) is 0 Å². The summed E-state index contributed by atoms with van der Waals surface area (Å²) in [5.74, 6) is 1.20. The third kappa shape index (κ3) is 2.56. The molecule has 5 nitrogen and oxygen atoms in total. The quantitative estimate of drug-likeness (QED) is 0.850. The number of aromatic nitrogens is 1. The molecule has 0 radical (unpaired) electrons. The van der Waals surface area contributed by atoms with Crippen LogP contribution < -0.4 is 0 Å². The number of fused-ring (bicyclic) bond motifs is 1. The molecular formula is C18H16FN3O2. The van der Waals surface area contributed by atoms with E-state index in [1.807, 2.05) is 6.07 Å². The van der Waals surface area contributed by atoms with Crippen LogP contribution in [-0.2, 0) is 13.0 Å². The molecule has 1 aliphatic carbocycles. The van der Waals surface area contributed by atoms with Gasteiger partial charge in [0.25, 0.3) is 5.91 Å². The summed E-state index contributed by atoms with van der Waals surface area (Å²) in [5.41, 5.74) is 1.14. The maximum atomic E-state index is 13.6. The van der Waals surface area contributed by atoms with Gasteiger partial charge in [-0.15, -0.1) is 0 Å². The summed E-state index contributed by atoms with van der Waals surface area (Å²) < 4.78 is 19.4. The molecule has 2 aliphatic rings. The number of amides is 1. The van der Waals surface area contributed by atoms with Crippen LogP contribution in [0.5, 0.6) is 0 Å². The van der Waals surface area contributed by atoms with Crippen molar-refractivity contribution < 1.29 is 13.6 Å². The number of halogens is 1. The van der Waals surface area contributed by atoms with Gasteiger partial charge in [-0.1, -0.05) is 6.42 Å². The van der Waals surface area contributed by atoms with Gasteiger partial charge < -0.3 is 9.32 Å². The number of nitriles is 1. The van der Waals surface area contributed by atoms with Crippen molar-refractivity contribution in [2.75, 3.05) is 6.54 Å². The first-order valence-electron chi connectivity index (χ1n) is 8.12. The van der Waals surface area contributed by atoms with E-state index in [0.29, 0.717) is 25.4 Å². The highest BCUT2D eigenvalue weighted by Crippen LogP contribution is 2.37. The lowest BCUT2D eigenvalue weighted by molar-refractivity contribution is 0.0727. The maximum Gasteiger partial charge on any atom is 0.254 e. The van der Waals surface area contributed by atoms with Crippen LogP contribution in [0.1, 0.15) is 58.4 Å². The molecule has 1 fully saturated rings. The largest absolute Gasteiger partial charge is 0.445 e. The topological polar surface area (TPSA) is 70.1 Å². The van der Waals surface area contributed by atoms with Gasteiger partial charge in [-0.2, -0.15) is 5.26 Å². The number of benzene rings is 1. The Labute approximate surface area is 138 Å². The van der Waals surface area contributed by atoms with Gasteiger partial charge in [0.05, 0.1) is 18.2 Å². The minimum Gasteiger partial charge on any atom is -0.445 e. The maximum absolute atomic E-state index is 13.6. The molecule has 0 atom stereocenters. The molecule has 4 rings (SSSR count). The van der Waals surface area contributed by atoms with E-state index >= 15 is 0 Å². The Morgan fingerprint density at radius 2 is 2.21 bits per heavy atom. The highest BCUT2D eigenvalue weighted by molar-refractivity contribution is 5.94. The fourth-order valence-corrected chi connectivity index (χ4v) is 3.18. The number of oxazole rings is 1. The minimum absolute atomic E-state index is 0.143. The first kappa shape index (κ1) is 14.9. The summed E-state index contributed by atoms with van der Waals surface area (Å²) in [4.78, 5) is 18.8. The highest BCUT2D eigenvalue weighted by atomic mass is 19.1. The van der Waals surface area contributed by atoms with Crippen molar-refractivity contribution in [2.45, 2.75) is 38.1 Å². The van der Waals surface area contributed by atoms with E-state index in [2.05, 4.69) is 4.98 Å². The molecule has 1 aromatic heterocycles. The van der Waals surface area contributed by atoms with E-state index in [0.717, 1.165) is 36.3 Å². The minimum atomic E-state index is -0.580. The van der Waals surface area contributed by atoms with E-state index in [1.165, 1.54) is 18.6 Å². The molecule has 1 saturated carbocycles. The Kier molecular flexibility index (Phi) is 3.57. The number of hydrogen-bond donors (Lipinski definition) is 0. The average molecular weight is 325 g/mol. The molecule has 1 aliphatic heterocycles. The fraction of sp³-hybridized carbons (Fsp3) is 0.389. The molecule has 1 aromatic carbocycles. The van der Waals surface area contributed by atoms with Crippen molar-refractivity contribution in [3.8, 4) is 6.07 Å². The van der Waals surface area contributed by atoms with Crippen molar-refractivity contribution in [1.29, 1.82) is 5.26 Å². The normalized spacial score (nSPS) is 17.1. The Morgan fingerprint density at radius 1 is 1.38 bits per heavy atom. The number of nitrogens with zero attached hydrogens (tertiary/aromatic N) is 3. The predicted octanol–water partition coefficient (Wildman–Crippen LogP) is 3.15. The van der Waals surface area contributed by atoms with E-state index in [1.54, 1.807) is 4.90 Å². The number of hydrogen-bond acceptors (Lipinski definition) is 4. The van der Waals surface area contributed by atoms with Gasteiger partial charge in [0.2, 0.25) is 0 Å². The molecule has 0 bridgehead atoms. The van der Waals surface area contributed by atoms with Gasteiger partial charge in [-0.05, 0) is 31.0 Å². The highest BCUT2D eigenvalue weighted by Gasteiger charge is 2.30. The van der Waals surface area contributed by atoms with E-state index in [9.17, 15) is 9.18 Å². The second kappa shape index (κ2) is 5.75. The lowest BCUT2D eigenvalue weighted by Crippen LogP contribution is -2.35. The van der Waals surface area contributed by atoms with Crippen molar-refractivity contribution in [2.24, 2.45) is 0 Å². The Balaban J connectivity index is 1.55. The van der Waals surface area contributed by atoms with E-state index in [-0.39, 0.29) is 17.0 Å². The summed E-state index contributed by atoms with van der Waals surface area (Å²) in [6.07, 6.45) is 4.05. The van der Waals surface area contributed by atoms with Gasteiger partial charge in [0.1, 0.15) is 17.3 Å². The van der Waals surface area contributed by atoms with Crippen LogP contribution in [0.15, 0.2) is 22.6 Å². The van der Waals surface area contributed by atoms with Gasteiger partial charge in [0, 0.05) is 24.4 Å². The molecule has 0 N–H and O–H groups in total. The molecule has 6 heteroatoms. The lowest BCUT2D eigenvalue weighted by Gasteiger charge is -2.25. The lowest BCUT2D eigenvalue weighted by atomic mass is 9.85. The second-order valence-electron chi connectivity index (χ2n) is 6.37. The zero-order valence-corrected chi connectivity index (χ0v) is 13.1. The monoisotopic (exact) mass is 325 g/mol. The number of rotatable bonds is 2. The Morgan fingerprint density at radius 3 is 2.92 bits per heavy atom. The number of carbonyl (C=O) groups is 1. The van der Waals surface area contributed by atoms with Crippen molar-refractivity contribution in [3.05, 3.63) is 52.5 Å². The Bertz CT molecular complexity index is 848. The molecule has 2 heterocycles. The van der Waals surface area contributed by atoms with Gasteiger partial charge in [-0.25, -0.2) is 9.37 Å². The molecule has 24 heavy (non-hydrogen) atoms. The molecule has 0 spiro atoms. The molecule has 122 valence electrons. The van der Waals surface area contributed by atoms with Crippen LogP contribution in [0.25, 0.3) is 0 Å². The first-order chi connectivity index (χ1) is 11.6. The summed E-state index contributed by atoms with van der Waals surface area (Å²) in [6.45, 7) is 0.867. The molecule has 2 aromatic rings. The van der Waals surface area contributed by atoms with Crippen LogP contribution >= 0.6 is 0 Å². The molecule has 0 saturated heterocycles. The van der Waals surface area contributed by atoms with Crippen LogP contribution in [0.3, 0.4) is 0 Å². The third-order valence-corrected chi connectivity index (χ3v) is 4.76. The van der Waals surface area contributed by atoms with Gasteiger partial charge in [0.15, 0.2) is 5.89 Å². The Hall–Kier alpha value is -2.68. The van der Waals surface area contributed by atoms with Crippen LogP contribution in [0.4, 0.5) is 4.39 Å². The third-order valence-electron chi connectivity index (χ3n) is 4.76. The van der Waals surface area contributed by atoms with Crippen LogP contribution in [0.2, 0.25) is 0 Å². The SMILES string of the molecule is N#Cc1cc(F)cc(C(=O)N2CCc3oc(C4CCC4)nc3C2)c1. The summed E-state index contributed by atoms with van der Waals surface area (Å²) in [7, 11) is 0. The van der Waals surface area contributed by atoms with Gasteiger partial charge >= 0.3 is 0 Å². The fourth-order valence-electron chi connectivity index (χ4n) is 3.18. The van der Waals surface area contributed by atoms with Crippen molar-refractivity contribution >= 4 is 5.91 Å². The van der Waals surface area contributed by atoms with Gasteiger partial charge in [-0.3, -0.25) is 4.79 Å². The molecule has 0 unspecified atom stereocenters. The average Bonchev–Trinajstić information content (AvgIpc) is 2.93. The molecule has 1 amide bonds. The predicted molar refractivity (Wildman–Crippen MR) is 82.7 cm³/mol. The van der Waals surface area contributed by atoms with E-state index < -0.39 is 5.82 Å². The standard InChI is InChI=1S/C18H16FN3O2/c19-14-7-11(9-20)6-13(8-14)18(23)22-5-4-16-15(10-22)21-17(24-16)12-2-1-3-12/h6-8,12H,1-5,10H2. The summed E-state index contributed by atoms with van der Waals surface area (Å²) >= 11 is 0.